The molecule has 1 aliphatic heterocycles. The highest BCUT2D eigenvalue weighted by Crippen LogP contribution is 2.31. The monoisotopic (exact) mass is 379 g/mol. The quantitative estimate of drug-likeness (QED) is 0.651. The number of likely N-dealkylation sites (N-methyl/N-ethyl adjacent to an activating group) is 1. The lowest BCUT2D eigenvalue weighted by molar-refractivity contribution is 0.270. The van der Waals surface area contributed by atoms with Gasteiger partial charge in [-0.15, -0.1) is 0 Å². The van der Waals surface area contributed by atoms with E-state index in [4.69, 9.17) is 4.52 Å². The molecule has 1 saturated carbocycles. The Balaban J connectivity index is 1.27. The Morgan fingerprint density at radius 3 is 2.64 bits per heavy atom. The predicted octanol–water partition coefficient (Wildman–Crippen LogP) is 2.55. The molecule has 146 valence electrons. The Kier molecular flexibility index (Phi) is 4.56. The van der Waals surface area contributed by atoms with Crippen LogP contribution in [0.4, 0.5) is 5.82 Å². The van der Waals surface area contributed by atoms with E-state index in [1.165, 1.54) is 12.8 Å². The maximum Gasteiger partial charge on any atom is 0.261 e. The molecule has 8 heteroatoms. The van der Waals surface area contributed by atoms with E-state index < -0.39 is 0 Å². The minimum atomic E-state index is 0.497. The highest BCUT2D eigenvalue weighted by atomic mass is 16.5. The van der Waals surface area contributed by atoms with Gasteiger partial charge in [0.05, 0.1) is 11.8 Å². The molecular formula is C20H25N7O. The van der Waals surface area contributed by atoms with Gasteiger partial charge in [-0.25, -0.2) is 4.98 Å². The first kappa shape index (κ1) is 17.4. The van der Waals surface area contributed by atoms with Crippen LogP contribution >= 0.6 is 0 Å². The van der Waals surface area contributed by atoms with Crippen molar-refractivity contribution in [1.29, 1.82) is 0 Å². The molecule has 4 heterocycles. The zero-order chi connectivity index (χ0) is 18.9. The van der Waals surface area contributed by atoms with E-state index in [-0.39, 0.29) is 0 Å². The molecule has 0 atom stereocenters. The summed E-state index contributed by atoms with van der Waals surface area (Å²) in [7, 11) is 0. The van der Waals surface area contributed by atoms with Gasteiger partial charge in [0.15, 0.2) is 0 Å². The van der Waals surface area contributed by atoms with Gasteiger partial charge in [0, 0.05) is 50.7 Å². The number of anilines is 1. The van der Waals surface area contributed by atoms with E-state index in [2.05, 4.69) is 36.9 Å². The molecular weight excluding hydrogens is 354 g/mol. The SMILES string of the molecule is CCN1CCN(c2ccc(-c3noc(-c4cnn(CC5CC5)c4)n3)cn2)CC1. The number of nitrogens with zero attached hydrogens (tertiary/aromatic N) is 7. The van der Waals surface area contributed by atoms with Crippen molar-refractivity contribution in [2.45, 2.75) is 26.3 Å². The van der Waals surface area contributed by atoms with Gasteiger partial charge in [0.1, 0.15) is 5.82 Å². The fourth-order valence-electron chi connectivity index (χ4n) is 3.60. The number of hydrogen-bond acceptors (Lipinski definition) is 7. The Hall–Kier alpha value is -2.74. The second-order valence-electron chi connectivity index (χ2n) is 7.64. The van der Waals surface area contributed by atoms with Gasteiger partial charge in [-0.1, -0.05) is 12.1 Å². The number of aromatic nitrogens is 5. The zero-order valence-corrected chi connectivity index (χ0v) is 16.2. The number of piperazine rings is 1. The van der Waals surface area contributed by atoms with Gasteiger partial charge in [-0.05, 0) is 37.4 Å². The van der Waals surface area contributed by atoms with E-state index >= 15 is 0 Å². The third-order valence-corrected chi connectivity index (χ3v) is 5.60. The van der Waals surface area contributed by atoms with Gasteiger partial charge in [-0.2, -0.15) is 10.1 Å². The molecule has 0 spiro atoms. The second kappa shape index (κ2) is 7.35. The summed E-state index contributed by atoms with van der Waals surface area (Å²) in [4.78, 5) is 13.9. The number of pyridine rings is 1. The van der Waals surface area contributed by atoms with Crippen LogP contribution in [-0.2, 0) is 6.54 Å². The molecule has 2 fully saturated rings. The van der Waals surface area contributed by atoms with Gasteiger partial charge in [-0.3, -0.25) is 4.68 Å². The molecule has 0 amide bonds. The fourth-order valence-corrected chi connectivity index (χ4v) is 3.60. The van der Waals surface area contributed by atoms with Crippen molar-refractivity contribution in [2.75, 3.05) is 37.6 Å². The molecule has 1 saturated heterocycles. The van der Waals surface area contributed by atoms with E-state index in [1.807, 2.05) is 29.2 Å². The summed E-state index contributed by atoms with van der Waals surface area (Å²) in [5.41, 5.74) is 1.72. The van der Waals surface area contributed by atoms with Crippen molar-refractivity contribution in [1.82, 2.24) is 29.8 Å². The highest BCUT2D eigenvalue weighted by Gasteiger charge is 2.22. The molecule has 3 aromatic heterocycles. The van der Waals surface area contributed by atoms with E-state index in [9.17, 15) is 0 Å². The zero-order valence-electron chi connectivity index (χ0n) is 16.2. The Morgan fingerprint density at radius 2 is 1.93 bits per heavy atom. The smallest absolute Gasteiger partial charge is 0.261 e. The van der Waals surface area contributed by atoms with Crippen molar-refractivity contribution < 1.29 is 4.52 Å². The third-order valence-electron chi connectivity index (χ3n) is 5.60. The van der Waals surface area contributed by atoms with Crippen LogP contribution in [0.2, 0.25) is 0 Å². The molecule has 2 aliphatic rings. The maximum absolute atomic E-state index is 5.45. The molecule has 1 aliphatic carbocycles. The normalized spacial score (nSPS) is 18.0. The van der Waals surface area contributed by atoms with Crippen LogP contribution in [-0.4, -0.2) is 62.5 Å². The Bertz CT molecular complexity index is 920. The summed E-state index contributed by atoms with van der Waals surface area (Å²) in [6.45, 7) is 8.48. The predicted molar refractivity (Wildman–Crippen MR) is 106 cm³/mol. The lowest BCUT2D eigenvalue weighted by Gasteiger charge is -2.34. The minimum absolute atomic E-state index is 0.497. The van der Waals surface area contributed by atoms with Crippen LogP contribution in [0.25, 0.3) is 22.8 Å². The largest absolute Gasteiger partial charge is 0.354 e. The molecule has 0 unspecified atom stereocenters. The van der Waals surface area contributed by atoms with Crippen molar-refractivity contribution in [3.63, 3.8) is 0 Å². The molecule has 8 nitrogen and oxygen atoms in total. The van der Waals surface area contributed by atoms with Crippen LogP contribution in [0, 0.1) is 5.92 Å². The molecule has 5 rings (SSSR count). The van der Waals surface area contributed by atoms with Gasteiger partial charge < -0.3 is 14.3 Å². The summed E-state index contributed by atoms with van der Waals surface area (Å²) in [5, 5.41) is 8.52. The molecule has 28 heavy (non-hydrogen) atoms. The molecule has 3 aromatic rings. The molecule has 0 radical (unpaired) electrons. The number of rotatable bonds is 6. The average Bonchev–Trinajstić information content (AvgIpc) is 3.22. The van der Waals surface area contributed by atoms with E-state index in [0.29, 0.717) is 11.7 Å². The Labute approximate surface area is 164 Å². The summed E-state index contributed by atoms with van der Waals surface area (Å²) in [6.07, 6.45) is 8.20. The topological polar surface area (TPSA) is 76.1 Å². The van der Waals surface area contributed by atoms with Crippen molar-refractivity contribution in [2.24, 2.45) is 5.92 Å². The standard InChI is InChI=1S/C20H25N7O/c1-2-25-7-9-26(10-8-25)18-6-5-16(11-21-18)19-23-20(28-24-19)17-12-22-27(14-17)13-15-3-4-15/h5-6,11-12,14-15H,2-4,7-10,13H2,1H3. The molecule has 0 aromatic carbocycles. The van der Waals surface area contributed by atoms with Crippen LogP contribution in [0.15, 0.2) is 35.2 Å². The summed E-state index contributed by atoms with van der Waals surface area (Å²) < 4.78 is 7.42. The van der Waals surface area contributed by atoms with Crippen LogP contribution in [0.5, 0.6) is 0 Å². The Morgan fingerprint density at radius 1 is 1.07 bits per heavy atom. The van der Waals surface area contributed by atoms with Crippen LogP contribution < -0.4 is 4.90 Å². The first-order chi connectivity index (χ1) is 13.8. The summed E-state index contributed by atoms with van der Waals surface area (Å²) in [6, 6.07) is 4.06. The van der Waals surface area contributed by atoms with Gasteiger partial charge in [0.25, 0.3) is 5.89 Å². The molecule has 0 N–H and O–H groups in total. The highest BCUT2D eigenvalue weighted by molar-refractivity contribution is 5.59. The fraction of sp³-hybridized carbons (Fsp3) is 0.500. The van der Waals surface area contributed by atoms with E-state index in [1.54, 1.807) is 6.20 Å². The average molecular weight is 379 g/mol. The lowest BCUT2D eigenvalue weighted by atomic mass is 10.2. The first-order valence-electron chi connectivity index (χ1n) is 10.1. The number of hydrogen-bond donors (Lipinski definition) is 0. The van der Waals surface area contributed by atoms with Crippen LogP contribution in [0.1, 0.15) is 19.8 Å². The lowest BCUT2D eigenvalue weighted by Crippen LogP contribution is -2.46. The molecule has 0 bridgehead atoms. The van der Waals surface area contributed by atoms with Crippen molar-refractivity contribution >= 4 is 5.82 Å². The van der Waals surface area contributed by atoms with E-state index in [0.717, 1.165) is 62.1 Å². The first-order valence-corrected chi connectivity index (χ1v) is 10.1. The van der Waals surface area contributed by atoms with Crippen molar-refractivity contribution in [3.8, 4) is 22.8 Å². The van der Waals surface area contributed by atoms with Crippen molar-refractivity contribution in [3.05, 3.63) is 30.7 Å². The third kappa shape index (κ3) is 3.64. The van der Waals surface area contributed by atoms with Gasteiger partial charge in [0.2, 0.25) is 5.82 Å². The maximum atomic E-state index is 5.45. The minimum Gasteiger partial charge on any atom is -0.354 e. The van der Waals surface area contributed by atoms with Crippen LogP contribution in [0.3, 0.4) is 0 Å². The van der Waals surface area contributed by atoms with Gasteiger partial charge >= 0.3 is 0 Å². The second-order valence-corrected chi connectivity index (χ2v) is 7.64. The summed E-state index contributed by atoms with van der Waals surface area (Å²) >= 11 is 0. The summed E-state index contributed by atoms with van der Waals surface area (Å²) in [5.74, 6) is 2.83.